The van der Waals surface area contributed by atoms with Crippen LogP contribution in [0, 0.1) is 0 Å². The molecule has 0 bridgehead atoms. The summed E-state index contributed by atoms with van der Waals surface area (Å²) in [6.07, 6.45) is 1.82. The Hall–Kier alpha value is -1.47. The lowest BCUT2D eigenvalue weighted by Crippen LogP contribution is -2.52. The monoisotopic (exact) mass is 308 g/mol. The second-order valence-electron chi connectivity index (χ2n) is 5.59. The van der Waals surface area contributed by atoms with Gasteiger partial charge in [0.1, 0.15) is 0 Å². The zero-order chi connectivity index (χ0) is 14.8. The van der Waals surface area contributed by atoms with Gasteiger partial charge in [-0.25, -0.2) is 4.98 Å². The molecular formula is C14H20N4O2S. The van der Waals surface area contributed by atoms with E-state index in [4.69, 9.17) is 0 Å². The Morgan fingerprint density at radius 1 is 1.52 bits per heavy atom. The van der Waals surface area contributed by atoms with E-state index < -0.39 is 0 Å². The molecule has 0 aliphatic carbocycles. The highest BCUT2D eigenvalue weighted by Crippen LogP contribution is 2.25. The van der Waals surface area contributed by atoms with E-state index in [0.29, 0.717) is 12.8 Å². The minimum atomic E-state index is 0.119. The lowest BCUT2D eigenvalue weighted by molar-refractivity contribution is -0.133. The quantitative estimate of drug-likeness (QED) is 0.889. The van der Waals surface area contributed by atoms with Crippen molar-refractivity contribution in [1.29, 1.82) is 0 Å². The van der Waals surface area contributed by atoms with Crippen LogP contribution in [0.5, 0.6) is 0 Å². The molecule has 0 spiro atoms. The molecule has 6 nitrogen and oxygen atoms in total. The smallest absolute Gasteiger partial charge is 0.228 e. The van der Waals surface area contributed by atoms with Crippen molar-refractivity contribution < 1.29 is 9.59 Å². The fourth-order valence-electron chi connectivity index (χ4n) is 2.82. The van der Waals surface area contributed by atoms with E-state index >= 15 is 0 Å². The molecule has 1 aromatic rings. The van der Waals surface area contributed by atoms with Gasteiger partial charge in [0.2, 0.25) is 11.8 Å². The van der Waals surface area contributed by atoms with Crippen molar-refractivity contribution in [2.24, 2.45) is 0 Å². The molecule has 0 aromatic carbocycles. The maximum Gasteiger partial charge on any atom is 0.228 e. The SMILES string of the molecule is CC1CNCCN1C(=O)Cc1csc(N2CCCC2=O)n1. The summed E-state index contributed by atoms with van der Waals surface area (Å²) in [5, 5.41) is 5.90. The average Bonchev–Trinajstić information content (AvgIpc) is 3.08. The fraction of sp³-hybridized carbons (Fsp3) is 0.643. The summed E-state index contributed by atoms with van der Waals surface area (Å²) in [6, 6.07) is 0.226. The summed E-state index contributed by atoms with van der Waals surface area (Å²) >= 11 is 1.45. The minimum absolute atomic E-state index is 0.119. The number of anilines is 1. The Labute approximate surface area is 128 Å². The van der Waals surface area contributed by atoms with E-state index in [1.54, 1.807) is 4.90 Å². The topological polar surface area (TPSA) is 65.5 Å². The summed E-state index contributed by atoms with van der Waals surface area (Å²) in [4.78, 5) is 32.2. The molecule has 0 saturated carbocycles. The standard InChI is InChI=1S/C14H20N4O2S/c1-10-8-15-4-6-17(10)13(20)7-11-9-21-14(16-11)18-5-2-3-12(18)19/h9-10,15H,2-8H2,1H3. The van der Waals surface area contributed by atoms with Crippen molar-refractivity contribution in [3.63, 3.8) is 0 Å². The van der Waals surface area contributed by atoms with E-state index in [9.17, 15) is 9.59 Å². The van der Waals surface area contributed by atoms with Crippen LogP contribution in [-0.4, -0.2) is 53.9 Å². The van der Waals surface area contributed by atoms with Gasteiger partial charge in [0, 0.05) is 44.0 Å². The molecule has 2 aliphatic rings. The number of carbonyl (C=O) groups is 2. The molecule has 1 atom stereocenters. The van der Waals surface area contributed by atoms with Crippen LogP contribution in [0.4, 0.5) is 5.13 Å². The van der Waals surface area contributed by atoms with E-state index in [0.717, 1.165) is 43.4 Å². The Morgan fingerprint density at radius 3 is 3.10 bits per heavy atom. The number of rotatable bonds is 3. The molecular weight excluding hydrogens is 288 g/mol. The molecule has 3 heterocycles. The van der Waals surface area contributed by atoms with Gasteiger partial charge in [-0.3, -0.25) is 14.5 Å². The molecule has 2 fully saturated rings. The van der Waals surface area contributed by atoms with E-state index in [1.165, 1.54) is 11.3 Å². The van der Waals surface area contributed by atoms with Crippen LogP contribution in [0.3, 0.4) is 0 Å². The van der Waals surface area contributed by atoms with E-state index in [1.807, 2.05) is 10.3 Å². The normalized spacial score (nSPS) is 22.9. The molecule has 7 heteroatoms. The first-order chi connectivity index (χ1) is 10.1. The highest BCUT2D eigenvalue weighted by molar-refractivity contribution is 7.14. The van der Waals surface area contributed by atoms with Gasteiger partial charge in [0.15, 0.2) is 5.13 Å². The largest absolute Gasteiger partial charge is 0.337 e. The van der Waals surface area contributed by atoms with Crippen molar-refractivity contribution >= 4 is 28.3 Å². The van der Waals surface area contributed by atoms with Gasteiger partial charge >= 0.3 is 0 Å². The molecule has 1 aromatic heterocycles. The number of thiazole rings is 1. The van der Waals surface area contributed by atoms with Gasteiger partial charge in [-0.15, -0.1) is 11.3 Å². The first-order valence-corrected chi connectivity index (χ1v) is 8.28. The minimum Gasteiger partial charge on any atom is -0.337 e. The number of aromatic nitrogens is 1. The van der Waals surface area contributed by atoms with Crippen molar-refractivity contribution in [3.05, 3.63) is 11.1 Å². The molecule has 114 valence electrons. The third-order valence-electron chi connectivity index (χ3n) is 4.00. The third-order valence-corrected chi connectivity index (χ3v) is 4.91. The molecule has 0 radical (unpaired) electrons. The summed E-state index contributed by atoms with van der Waals surface area (Å²) in [7, 11) is 0. The van der Waals surface area contributed by atoms with Crippen LogP contribution < -0.4 is 10.2 Å². The lowest BCUT2D eigenvalue weighted by atomic mass is 10.2. The van der Waals surface area contributed by atoms with Crippen LogP contribution in [0.15, 0.2) is 5.38 Å². The van der Waals surface area contributed by atoms with Crippen LogP contribution in [-0.2, 0) is 16.0 Å². The fourth-order valence-corrected chi connectivity index (χ4v) is 3.69. The number of amides is 2. The number of hydrogen-bond donors (Lipinski definition) is 1. The van der Waals surface area contributed by atoms with Crippen molar-refractivity contribution in [2.75, 3.05) is 31.1 Å². The van der Waals surface area contributed by atoms with E-state index in [-0.39, 0.29) is 17.9 Å². The Balaban J connectivity index is 1.64. The molecule has 2 amide bonds. The maximum absolute atomic E-state index is 12.4. The van der Waals surface area contributed by atoms with Gasteiger partial charge in [-0.1, -0.05) is 0 Å². The van der Waals surface area contributed by atoms with Gasteiger partial charge in [-0.05, 0) is 13.3 Å². The summed E-state index contributed by atoms with van der Waals surface area (Å²) in [5.41, 5.74) is 0.769. The molecule has 1 unspecified atom stereocenters. The van der Waals surface area contributed by atoms with Crippen LogP contribution in [0.2, 0.25) is 0 Å². The van der Waals surface area contributed by atoms with Gasteiger partial charge in [0.25, 0.3) is 0 Å². The van der Waals surface area contributed by atoms with Crippen molar-refractivity contribution in [3.8, 4) is 0 Å². The Morgan fingerprint density at radius 2 is 2.38 bits per heavy atom. The summed E-state index contributed by atoms with van der Waals surface area (Å²) in [5.74, 6) is 0.256. The van der Waals surface area contributed by atoms with Gasteiger partial charge < -0.3 is 10.2 Å². The zero-order valence-electron chi connectivity index (χ0n) is 12.2. The maximum atomic E-state index is 12.4. The van der Waals surface area contributed by atoms with Gasteiger partial charge in [-0.2, -0.15) is 0 Å². The lowest BCUT2D eigenvalue weighted by Gasteiger charge is -2.33. The first-order valence-electron chi connectivity index (χ1n) is 7.40. The Bertz CT molecular complexity index is 545. The second-order valence-corrected chi connectivity index (χ2v) is 6.42. The predicted molar refractivity (Wildman–Crippen MR) is 81.4 cm³/mol. The number of hydrogen-bond acceptors (Lipinski definition) is 5. The highest BCUT2D eigenvalue weighted by Gasteiger charge is 2.26. The van der Waals surface area contributed by atoms with E-state index in [2.05, 4.69) is 17.2 Å². The number of piperazine rings is 1. The molecule has 3 rings (SSSR count). The van der Waals surface area contributed by atoms with Crippen LogP contribution in [0.25, 0.3) is 0 Å². The molecule has 2 saturated heterocycles. The van der Waals surface area contributed by atoms with Gasteiger partial charge in [0.05, 0.1) is 12.1 Å². The predicted octanol–water partition coefficient (Wildman–Crippen LogP) is 0.633. The third kappa shape index (κ3) is 3.08. The zero-order valence-corrected chi connectivity index (χ0v) is 13.0. The molecule has 1 N–H and O–H groups in total. The Kier molecular flexibility index (Phi) is 4.21. The number of nitrogens with zero attached hydrogens (tertiary/aromatic N) is 3. The van der Waals surface area contributed by atoms with Crippen molar-refractivity contribution in [2.45, 2.75) is 32.2 Å². The first kappa shape index (κ1) is 14.5. The summed E-state index contributed by atoms with van der Waals surface area (Å²) in [6.45, 7) is 5.24. The summed E-state index contributed by atoms with van der Waals surface area (Å²) < 4.78 is 0. The van der Waals surface area contributed by atoms with Crippen LogP contribution in [0.1, 0.15) is 25.5 Å². The molecule has 2 aliphatic heterocycles. The second kappa shape index (κ2) is 6.11. The van der Waals surface area contributed by atoms with Crippen molar-refractivity contribution in [1.82, 2.24) is 15.2 Å². The van der Waals surface area contributed by atoms with Crippen LogP contribution >= 0.6 is 11.3 Å². The highest BCUT2D eigenvalue weighted by atomic mass is 32.1. The molecule has 21 heavy (non-hydrogen) atoms. The average molecular weight is 308 g/mol. The number of carbonyl (C=O) groups excluding carboxylic acids is 2. The number of nitrogens with one attached hydrogen (secondary N) is 1.